The maximum absolute atomic E-state index is 5.79. The second-order valence-electron chi connectivity index (χ2n) is 1.93. The molecular formula is C4H6Cl2N2. The predicted molar refractivity (Wildman–Crippen MR) is 35.5 cm³/mol. The van der Waals surface area contributed by atoms with Crippen LogP contribution in [0.4, 0.5) is 0 Å². The van der Waals surface area contributed by atoms with Gasteiger partial charge in [0.15, 0.2) is 0 Å². The normalized spacial score (nSPS) is 36.6. The third-order valence-corrected chi connectivity index (χ3v) is 1.93. The summed E-state index contributed by atoms with van der Waals surface area (Å²) in [7, 11) is 0. The van der Waals surface area contributed by atoms with Crippen LogP contribution in [-0.2, 0) is 0 Å². The van der Waals surface area contributed by atoms with E-state index in [2.05, 4.69) is 10.5 Å². The second kappa shape index (κ2) is 1.78. The van der Waals surface area contributed by atoms with Gasteiger partial charge in [0.1, 0.15) is 10.0 Å². The Morgan fingerprint density at radius 2 is 2.50 bits per heavy atom. The van der Waals surface area contributed by atoms with E-state index in [9.17, 15) is 0 Å². The molecule has 0 aliphatic carbocycles. The summed E-state index contributed by atoms with van der Waals surface area (Å²) in [6.07, 6.45) is 0. The lowest BCUT2D eigenvalue weighted by Gasteiger charge is -2.09. The summed E-state index contributed by atoms with van der Waals surface area (Å²) < 4.78 is 0. The van der Waals surface area contributed by atoms with Crippen LogP contribution in [-0.4, -0.2) is 16.6 Å². The SMILES string of the molecule is CC1(Cl)CNN=C1Cl. The van der Waals surface area contributed by atoms with Gasteiger partial charge in [-0.3, -0.25) is 0 Å². The van der Waals surface area contributed by atoms with Crippen LogP contribution in [0.3, 0.4) is 0 Å². The van der Waals surface area contributed by atoms with Crippen LogP contribution in [0.25, 0.3) is 0 Å². The average molecular weight is 153 g/mol. The van der Waals surface area contributed by atoms with Crippen molar-refractivity contribution >= 4 is 28.4 Å². The fourth-order valence-corrected chi connectivity index (χ4v) is 0.675. The minimum absolute atomic E-state index is 0.444. The maximum Gasteiger partial charge on any atom is 0.148 e. The van der Waals surface area contributed by atoms with E-state index in [1.165, 1.54) is 0 Å². The standard InChI is InChI=1S/C4H6Cl2N2/c1-4(6)2-7-8-3(4)5/h7H,2H2,1H3. The quantitative estimate of drug-likeness (QED) is 0.518. The first-order chi connectivity index (χ1) is 3.63. The van der Waals surface area contributed by atoms with Crippen LogP contribution < -0.4 is 5.43 Å². The van der Waals surface area contributed by atoms with Gasteiger partial charge in [0.05, 0.1) is 6.54 Å². The topological polar surface area (TPSA) is 24.4 Å². The third-order valence-electron chi connectivity index (χ3n) is 1.02. The summed E-state index contributed by atoms with van der Waals surface area (Å²) in [6.45, 7) is 2.44. The molecule has 0 fully saturated rings. The molecule has 0 aromatic heterocycles. The second-order valence-corrected chi connectivity index (χ2v) is 3.13. The summed E-state index contributed by atoms with van der Waals surface area (Å²) >= 11 is 11.4. The van der Waals surface area contributed by atoms with Gasteiger partial charge in [0.2, 0.25) is 0 Å². The van der Waals surface area contributed by atoms with Gasteiger partial charge in [0.25, 0.3) is 0 Å². The lowest BCUT2D eigenvalue weighted by Crippen LogP contribution is -2.27. The van der Waals surface area contributed by atoms with E-state index in [0.717, 1.165) is 0 Å². The van der Waals surface area contributed by atoms with Crippen LogP contribution in [0.15, 0.2) is 5.10 Å². The smallest absolute Gasteiger partial charge is 0.148 e. The largest absolute Gasteiger partial charge is 0.307 e. The number of alkyl halides is 1. The molecular weight excluding hydrogens is 147 g/mol. The zero-order valence-corrected chi connectivity index (χ0v) is 5.92. The highest BCUT2D eigenvalue weighted by molar-refractivity contribution is 6.72. The van der Waals surface area contributed by atoms with E-state index in [0.29, 0.717) is 11.7 Å². The van der Waals surface area contributed by atoms with E-state index >= 15 is 0 Å². The number of rotatable bonds is 0. The van der Waals surface area contributed by atoms with Crippen molar-refractivity contribution in [1.82, 2.24) is 5.43 Å². The van der Waals surface area contributed by atoms with E-state index < -0.39 is 4.87 Å². The molecule has 46 valence electrons. The van der Waals surface area contributed by atoms with Gasteiger partial charge in [-0.2, -0.15) is 5.10 Å². The molecule has 0 aromatic carbocycles. The van der Waals surface area contributed by atoms with E-state index in [1.807, 2.05) is 6.92 Å². The lowest BCUT2D eigenvalue weighted by atomic mass is 10.2. The third kappa shape index (κ3) is 0.906. The molecule has 0 saturated heterocycles. The summed E-state index contributed by atoms with van der Waals surface area (Å²) in [6, 6.07) is 0. The van der Waals surface area contributed by atoms with Crippen molar-refractivity contribution < 1.29 is 0 Å². The monoisotopic (exact) mass is 152 g/mol. The van der Waals surface area contributed by atoms with Gasteiger partial charge in [0, 0.05) is 0 Å². The van der Waals surface area contributed by atoms with Crippen molar-refractivity contribution in [2.24, 2.45) is 5.10 Å². The minimum atomic E-state index is -0.471. The highest BCUT2D eigenvalue weighted by atomic mass is 35.5. The van der Waals surface area contributed by atoms with Gasteiger partial charge in [-0.1, -0.05) is 11.6 Å². The van der Waals surface area contributed by atoms with Crippen molar-refractivity contribution in [2.45, 2.75) is 11.8 Å². The fraction of sp³-hybridized carbons (Fsp3) is 0.750. The minimum Gasteiger partial charge on any atom is -0.307 e. The molecule has 1 aliphatic heterocycles. The molecule has 2 nitrogen and oxygen atoms in total. The molecule has 0 spiro atoms. The summed E-state index contributed by atoms with van der Waals surface area (Å²) in [5, 5.41) is 4.13. The molecule has 0 amide bonds. The zero-order chi connectivity index (χ0) is 6.20. The predicted octanol–water partition coefficient (Wildman–Crippen LogP) is 1.14. The Kier molecular flexibility index (Phi) is 1.37. The first-order valence-electron chi connectivity index (χ1n) is 2.28. The van der Waals surface area contributed by atoms with Crippen LogP contribution in [0.2, 0.25) is 0 Å². The number of nitrogens with zero attached hydrogens (tertiary/aromatic N) is 1. The lowest BCUT2D eigenvalue weighted by molar-refractivity contribution is 0.734. The highest BCUT2D eigenvalue weighted by Crippen LogP contribution is 2.21. The number of nitrogens with one attached hydrogen (secondary N) is 1. The molecule has 0 radical (unpaired) electrons. The number of hydrazone groups is 1. The van der Waals surface area contributed by atoms with E-state index in [4.69, 9.17) is 23.2 Å². The van der Waals surface area contributed by atoms with Gasteiger partial charge in [-0.05, 0) is 6.92 Å². The summed E-state index contributed by atoms with van der Waals surface area (Å²) in [5.74, 6) is 0. The van der Waals surface area contributed by atoms with Crippen molar-refractivity contribution in [3.05, 3.63) is 0 Å². The zero-order valence-electron chi connectivity index (χ0n) is 4.41. The van der Waals surface area contributed by atoms with Crippen molar-refractivity contribution in [1.29, 1.82) is 0 Å². The van der Waals surface area contributed by atoms with Crippen LogP contribution in [0.1, 0.15) is 6.92 Å². The molecule has 4 heteroatoms. The molecule has 1 atom stereocenters. The van der Waals surface area contributed by atoms with Crippen molar-refractivity contribution in [3.8, 4) is 0 Å². The number of hydrogen-bond donors (Lipinski definition) is 1. The van der Waals surface area contributed by atoms with Crippen LogP contribution >= 0.6 is 23.2 Å². The van der Waals surface area contributed by atoms with Crippen LogP contribution in [0.5, 0.6) is 0 Å². The molecule has 1 rings (SSSR count). The van der Waals surface area contributed by atoms with Gasteiger partial charge >= 0.3 is 0 Å². The molecule has 0 saturated carbocycles. The molecule has 1 unspecified atom stereocenters. The molecule has 0 bridgehead atoms. The first-order valence-corrected chi connectivity index (χ1v) is 3.04. The first kappa shape index (κ1) is 6.17. The Labute approximate surface area is 57.9 Å². The van der Waals surface area contributed by atoms with Crippen molar-refractivity contribution in [3.63, 3.8) is 0 Å². The molecule has 0 aromatic rings. The Morgan fingerprint density at radius 3 is 2.62 bits per heavy atom. The van der Waals surface area contributed by atoms with E-state index in [1.54, 1.807) is 0 Å². The van der Waals surface area contributed by atoms with Gasteiger partial charge in [-0.25, -0.2) is 0 Å². The van der Waals surface area contributed by atoms with Crippen LogP contribution in [0, 0.1) is 0 Å². The molecule has 1 N–H and O–H groups in total. The number of halogens is 2. The Bertz CT molecular complexity index is 130. The van der Waals surface area contributed by atoms with Gasteiger partial charge in [-0.15, -0.1) is 11.6 Å². The maximum atomic E-state index is 5.79. The molecule has 8 heavy (non-hydrogen) atoms. The summed E-state index contributed by atoms with van der Waals surface area (Å²) in [5.41, 5.74) is 2.69. The Hall–Kier alpha value is 0.0500. The number of hydrogen-bond acceptors (Lipinski definition) is 2. The molecule has 1 aliphatic rings. The molecule has 1 heterocycles. The van der Waals surface area contributed by atoms with Crippen molar-refractivity contribution in [2.75, 3.05) is 6.54 Å². The highest BCUT2D eigenvalue weighted by Gasteiger charge is 2.30. The Morgan fingerprint density at radius 1 is 1.88 bits per heavy atom. The van der Waals surface area contributed by atoms with E-state index in [-0.39, 0.29) is 0 Å². The Balaban J connectivity index is 2.73. The summed E-state index contributed by atoms with van der Waals surface area (Å²) in [4.78, 5) is -0.471. The fourth-order valence-electron chi connectivity index (χ4n) is 0.447. The average Bonchev–Trinajstić information content (AvgIpc) is 1.86. The van der Waals surface area contributed by atoms with Gasteiger partial charge < -0.3 is 5.43 Å².